The zero-order valence-corrected chi connectivity index (χ0v) is 12.4. The van der Waals surface area contributed by atoms with Gasteiger partial charge in [-0.2, -0.15) is 0 Å². The van der Waals surface area contributed by atoms with Crippen LogP contribution >= 0.6 is 0 Å². The van der Waals surface area contributed by atoms with Crippen LogP contribution in [0.25, 0.3) is 0 Å². The number of methoxy groups -OCH3 is 1. The molecular weight excluding hydrogens is 248 g/mol. The Balaban J connectivity index is 2.03. The Morgan fingerprint density at radius 3 is 2.50 bits per heavy atom. The van der Waals surface area contributed by atoms with Crippen molar-refractivity contribution in [3.05, 3.63) is 59.2 Å². The first-order valence-corrected chi connectivity index (χ1v) is 6.75. The smallest absolute Gasteiger partial charge is 0.141 e. The number of rotatable bonds is 5. The molecule has 0 heterocycles. The van der Waals surface area contributed by atoms with Crippen molar-refractivity contribution in [2.24, 2.45) is 0 Å². The minimum absolute atomic E-state index is 0.689. The van der Waals surface area contributed by atoms with E-state index in [1.54, 1.807) is 7.11 Å². The van der Waals surface area contributed by atoms with E-state index in [2.05, 4.69) is 49.2 Å². The Hall–Kier alpha value is -2.00. The lowest BCUT2D eigenvalue weighted by Gasteiger charge is -2.18. The van der Waals surface area contributed by atoms with Crippen molar-refractivity contribution in [2.75, 3.05) is 19.9 Å². The topological polar surface area (TPSA) is 38.5 Å². The molecule has 2 aromatic rings. The van der Waals surface area contributed by atoms with Crippen LogP contribution in [0, 0.1) is 6.92 Å². The van der Waals surface area contributed by atoms with Gasteiger partial charge in [0.15, 0.2) is 0 Å². The van der Waals surface area contributed by atoms with E-state index in [1.165, 1.54) is 16.7 Å². The van der Waals surface area contributed by atoms with Crippen LogP contribution in [0.1, 0.15) is 16.7 Å². The van der Waals surface area contributed by atoms with Crippen molar-refractivity contribution in [3.63, 3.8) is 0 Å². The first kappa shape index (κ1) is 14.4. The van der Waals surface area contributed by atoms with E-state index < -0.39 is 0 Å². The van der Waals surface area contributed by atoms with Crippen LogP contribution < -0.4 is 10.5 Å². The van der Waals surface area contributed by atoms with Crippen LogP contribution in [0.5, 0.6) is 5.75 Å². The number of nitrogen functional groups attached to an aromatic ring is 1. The van der Waals surface area contributed by atoms with Crippen LogP contribution in [0.4, 0.5) is 5.69 Å². The summed E-state index contributed by atoms with van der Waals surface area (Å²) in [4.78, 5) is 2.28. The molecule has 3 nitrogen and oxygen atoms in total. The molecule has 0 atom stereocenters. The SMILES string of the molecule is COc1ccc(CN(C)Cc2ccccc2C)cc1N. The summed E-state index contributed by atoms with van der Waals surface area (Å²) in [5, 5.41) is 0. The molecule has 2 rings (SSSR count). The van der Waals surface area contributed by atoms with E-state index in [0.717, 1.165) is 18.8 Å². The third-order valence-corrected chi connectivity index (χ3v) is 3.45. The predicted molar refractivity (Wildman–Crippen MR) is 83.8 cm³/mol. The fourth-order valence-corrected chi connectivity index (χ4v) is 2.33. The predicted octanol–water partition coefficient (Wildman–Crippen LogP) is 3.22. The molecule has 106 valence electrons. The van der Waals surface area contributed by atoms with Crippen LogP contribution in [0.3, 0.4) is 0 Å². The van der Waals surface area contributed by atoms with Gasteiger partial charge in [-0.05, 0) is 42.8 Å². The lowest BCUT2D eigenvalue weighted by Crippen LogP contribution is -2.18. The minimum atomic E-state index is 0.689. The third-order valence-electron chi connectivity index (χ3n) is 3.45. The Bertz CT molecular complexity index is 581. The molecule has 0 aromatic heterocycles. The molecule has 0 radical (unpaired) electrons. The van der Waals surface area contributed by atoms with E-state index in [1.807, 2.05) is 12.1 Å². The first-order chi connectivity index (χ1) is 9.60. The average molecular weight is 270 g/mol. The number of aryl methyl sites for hydroxylation is 1. The molecule has 20 heavy (non-hydrogen) atoms. The Labute approximate surface area is 121 Å². The summed E-state index contributed by atoms with van der Waals surface area (Å²) in [5.74, 6) is 0.732. The van der Waals surface area contributed by atoms with Crippen LogP contribution in [-0.2, 0) is 13.1 Å². The van der Waals surface area contributed by atoms with Crippen molar-refractivity contribution >= 4 is 5.69 Å². The van der Waals surface area contributed by atoms with Gasteiger partial charge in [-0.15, -0.1) is 0 Å². The van der Waals surface area contributed by atoms with E-state index in [9.17, 15) is 0 Å². The Morgan fingerprint density at radius 2 is 1.85 bits per heavy atom. The van der Waals surface area contributed by atoms with Gasteiger partial charge in [0.1, 0.15) is 5.75 Å². The van der Waals surface area contributed by atoms with Gasteiger partial charge >= 0.3 is 0 Å². The maximum Gasteiger partial charge on any atom is 0.141 e. The zero-order chi connectivity index (χ0) is 14.5. The second kappa shape index (κ2) is 6.44. The molecule has 0 bridgehead atoms. The van der Waals surface area contributed by atoms with Crippen LogP contribution in [0.15, 0.2) is 42.5 Å². The molecule has 0 saturated heterocycles. The third kappa shape index (κ3) is 3.52. The molecule has 2 aromatic carbocycles. The minimum Gasteiger partial charge on any atom is -0.495 e. The quantitative estimate of drug-likeness (QED) is 0.848. The van der Waals surface area contributed by atoms with Gasteiger partial charge in [-0.3, -0.25) is 4.90 Å². The average Bonchev–Trinajstić information content (AvgIpc) is 2.41. The summed E-state index contributed by atoms with van der Waals surface area (Å²) in [6.45, 7) is 3.94. The van der Waals surface area contributed by atoms with Crippen LogP contribution in [-0.4, -0.2) is 19.1 Å². The molecule has 0 spiro atoms. The van der Waals surface area contributed by atoms with Crippen molar-refractivity contribution < 1.29 is 4.74 Å². The van der Waals surface area contributed by atoms with Gasteiger partial charge in [0.2, 0.25) is 0 Å². The van der Waals surface area contributed by atoms with Gasteiger partial charge in [0.05, 0.1) is 12.8 Å². The van der Waals surface area contributed by atoms with E-state index in [0.29, 0.717) is 5.69 Å². The fourth-order valence-electron chi connectivity index (χ4n) is 2.33. The molecule has 0 aliphatic rings. The van der Waals surface area contributed by atoms with Gasteiger partial charge in [0, 0.05) is 13.1 Å². The summed E-state index contributed by atoms with van der Waals surface area (Å²) in [7, 11) is 3.75. The summed E-state index contributed by atoms with van der Waals surface area (Å²) in [6.07, 6.45) is 0. The number of nitrogens with zero attached hydrogens (tertiary/aromatic N) is 1. The second-order valence-corrected chi connectivity index (χ2v) is 5.18. The number of hydrogen-bond donors (Lipinski definition) is 1. The molecule has 0 fully saturated rings. The second-order valence-electron chi connectivity index (χ2n) is 5.18. The van der Waals surface area contributed by atoms with Gasteiger partial charge in [-0.1, -0.05) is 30.3 Å². The van der Waals surface area contributed by atoms with Crippen molar-refractivity contribution in [1.29, 1.82) is 0 Å². The highest BCUT2D eigenvalue weighted by Gasteiger charge is 2.06. The number of hydrogen-bond acceptors (Lipinski definition) is 3. The van der Waals surface area contributed by atoms with Crippen molar-refractivity contribution in [2.45, 2.75) is 20.0 Å². The summed E-state index contributed by atoms with van der Waals surface area (Å²) in [6, 6.07) is 14.4. The number of anilines is 1. The lowest BCUT2D eigenvalue weighted by atomic mass is 10.1. The van der Waals surface area contributed by atoms with Crippen molar-refractivity contribution in [1.82, 2.24) is 4.90 Å². The van der Waals surface area contributed by atoms with Gasteiger partial charge in [-0.25, -0.2) is 0 Å². The largest absolute Gasteiger partial charge is 0.495 e. The maximum atomic E-state index is 5.94. The standard InChI is InChI=1S/C17H22N2O/c1-13-6-4-5-7-15(13)12-19(2)11-14-8-9-17(20-3)16(18)10-14/h4-10H,11-12,18H2,1-3H3. The molecule has 0 saturated carbocycles. The van der Waals surface area contributed by atoms with E-state index >= 15 is 0 Å². The molecule has 2 N–H and O–H groups in total. The Morgan fingerprint density at radius 1 is 1.10 bits per heavy atom. The van der Waals surface area contributed by atoms with Crippen LogP contribution in [0.2, 0.25) is 0 Å². The zero-order valence-electron chi connectivity index (χ0n) is 12.4. The normalized spacial score (nSPS) is 10.8. The molecule has 3 heteroatoms. The molecule has 0 unspecified atom stereocenters. The van der Waals surface area contributed by atoms with Crippen molar-refractivity contribution in [3.8, 4) is 5.75 Å². The molecule has 0 amide bonds. The highest BCUT2D eigenvalue weighted by atomic mass is 16.5. The van der Waals surface area contributed by atoms with E-state index in [4.69, 9.17) is 10.5 Å². The lowest BCUT2D eigenvalue weighted by molar-refractivity contribution is 0.318. The molecule has 0 aliphatic heterocycles. The van der Waals surface area contributed by atoms with Gasteiger partial charge < -0.3 is 10.5 Å². The fraction of sp³-hybridized carbons (Fsp3) is 0.294. The van der Waals surface area contributed by atoms with Gasteiger partial charge in [0.25, 0.3) is 0 Å². The summed E-state index contributed by atoms with van der Waals surface area (Å²) >= 11 is 0. The highest BCUT2D eigenvalue weighted by molar-refractivity contribution is 5.54. The Kier molecular flexibility index (Phi) is 4.64. The monoisotopic (exact) mass is 270 g/mol. The molecule has 0 aliphatic carbocycles. The summed E-state index contributed by atoms with van der Waals surface area (Å²) in [5.41, 5.74) is 10.5. The number of ether oxygens (including phenoxy) is 1. The summed E-state index contributed by atoms with van der Waals surface area (Å²) < 4.78 is 5.18. The number of nitrogens with two attached hydrogens (primary N) is 1. The van der Waals surface area contributed by atoms with E-state index in [-0.39, 0.29) is 0 Å². The first-order valence-electron chi connectivity index (χ1n) is 6.75. The molecular formula is C17H22N2O. The highest BCUT2D eigenvalue weighted by Crippen LogP contribution is 2.22. The maximum absolute atomic E-state index is 5.94. The number of benzene rings is 2.